The van der Waals surface area contributed by atoms with Crippen LogP contribution in [-0.4, -0.2) is 28.8 Å². The fourth-order valence-corrected chi connectivity index (χ4v) is 3.57. The van der Waals surface area contributed by atoms with Crippen LogP contribution in [0, 0.1) is 5.82 Å². The monoisotopic (exact) mass is 422 g/mol. The minimum Gasteiger partial charge on any atom is -0.334 e. The topological polar surface area (TPSA) is 61.2 Å². The number of rotatable bonds is 4. The van der Waals surface area contributed by atoms with Gasteiger partial charge in [0.15, 0.2) is 6.04 Å². The Morgan fingerprint density at radius 3 is 2.37 bits per heavy atom. The van der Waals surface area contributed by atoms with Crippen LogP contribution < -0.4 is 10.7 Å². The predicted octanol–water partition coefficient (Wildman–Crippen LogP) is 3.50. The Morgan fingerprint density at radius 2 is 1.67 bits per heavy atom. The largest absolute Gasteiger partial charge is 0.334 e. The normalized spacial score (nSPS) is 19.5. The number of hydrazone groups is 1. The molecule has 0 unspecified atom stereocenters. The molecule has 3 aromatic carbocycles. The van der Waals surface area contributed by atoms with E-state index in [9.17, 15) is 14.0 Å². The van der Waals surface area contributed by atoms with Gasteiger partial charge in [-0.2, -0.15) is 0 Å². The number of halogens is 2. The van der Waals surface area contributed by atoms with E-state index >= 15 is 0 Å². The van der Waals surface area contributed by atoms with Crippen molar-refractivity contribution in [3.8, 4) is 0 Å². The van der Waals surface area contributed by atoms with E-state index in [1.165, 1.54) is 24.3 Å². The molecular formula is C23H18ClFN3O2+. The molecule has 1 saturated heterocycles. The molecule has 150 valence electrons. The third kappa shape index (κ3) is 4.09. The summed E-state index contributed by atoms with van der Waals surface area (Å²) in [6.45, 7) is 0. The Bertz CT molecular complexity index is 1120. The fourth-order valence-electron chi connectivity index (χ4n) is 3.39. The van der Waals surface area contributed by atoms with Crippen molar-refractivity contribution in [3.63, 3.8) is 0 Å². The van der Waals surface area contributed by atoms with Gasteiger partial charge in [0.2, 0.25) is 12.3 Å². The number of hydrazine groups is 1. The van der Waals surface area contributed by atoms with Crippen molar-refractivity contribution in [2.24, 2.45) is 0 Å². The van der Waals surface area contributed by atoms with Crippen LogP contribution in [0.2, 0.25) is 5.02 Å². The standard InChI is InChI=1S/C23H17ClFN3O2/c24-19-9-5-4-8-17(19)14-28-21(15-6-2-1-3-7-15)20(23(30)27-28)26-22(29)16-10-12-18(25)13-11-16/h1-14,20-21H,(H-,26,27,29,30)/p+1/b28-14-/t20-,21-/m1/s1. The SMILES string of the molecule is O=C(N[C@H]1C(=O)N/[N+](=C\c2ccccc2Cl)[C@@H]1c1ccccc1)c1ccc(F)cc1. The lowest BCUT2D eigenvalue weighted by Gasteiger charge is -2.14. The molecular weight excluding hydrogens is 405 g/mol. The van der Waals surface area contributed by atoms with E-state index in [1.54, 1.807) is 17.0 Å². The zero-order valence-electron chi connectivity index (χ0n) is 15.8. The minimum absolute atomic E-state index is 0.268. The third-order valence-electron chi connectivity index (χ3n) is 4.85. The average Bonchev–Trinajstić information content (AvgIpc) is 3.05. The molecule has 4 rings (SSSR count). The Kier molecular flexibility index (Phi) is 5.59. The number of nitrogens with one attached hydrogen (secondary N) is 2. The maximum atomic E-state index is 13.2. The van der Waals surface area contributed by atoms with Crippen molar-refractivity contribution in [2.75, 3.05) is 0 Å². The number of nitrogens with zero attached hydrogens (tertiary/aromatic N) is 1. The first kappa shape index (κ1) is 19.8. The zero-order chi connectivity index (χ0) is 21.1. The summed E-state index contributed by atoms with van der Waals surface area (Å²) in [5.74, 6) is -1.26. The first-order valence-corrected chi connectivity index (χ1v) is 9.70. The van der Waals surface area contributed by atoms with Crippen LogP contribution in [0.4, 0.5) is 4.39 Å². The molecule has 5 nitrogen and oxygen atoms in total. The molecule has 1 fully saturated rings. The summed E-state index contributed by atoms with van der Waals surface area (Å²) in [7, 11) is 0. The summed E-state index contributed by atoms with van der Waals surface area (Å²) in [4.78, 5) is 25.5. The summed E-state index contributed by atoms with van der Waals surface area (Å²) >= 11 is 6.28. The highest BCUT2D eigenvalue weighted by molar-refractivity contribution is 6.32. The maximum absolute atomic E-state index is 13.2. The Hall–Kier alpha value is -3.51. The average molecular weight is 423 g/mol. The summed E-state index contributed by atoms with van der Waals surface area (Å²) in [5, 5.41) is 3.31. The van der Waals surface area contributed by atoms with Crippen molar-refractivity contribution in [1.29, 1.82) is 0 Å². The van der Waals surface area contributed by atoms with Gasteiger partial charge in [0.25, 0.3) is 5.91 Å². The second-order valence-electron chi connectivity index (χ2n) is 6.85. The van der Waals surface area contributed by atoms with E-state index in [0.717, 1.165) is 11.1 Å². The van der Waals surface area contributed by atoms with Crippen molar-refractivity contribution in [1.82, 2.24) is 10.7 Å². The third-order valence-corrected chi connectivity index (χ3v) is 5.20. The van der Waals surface area contributed by atoms with Gasteiger partial charge >= 0.3 is 5.91 Å². The zero-order valence-corrected chi connectivity index (χ0v) is 16.5. The van der Waals surface area contributed by atoms with Crippen molar-refractivity contribution < 1.29 is 18.7 Å². The Morgan fingerprint density at radius 1 is 1.00 bits per heavy atom. The van der Waals surface area contributed by atoms with E-state index < -0.39 is 23.8 Å². The predicted molar refractivity (Wildman–Crippen MR) is 112 cm³/mol. The molecule has 1 aliphatic heterocycles. The van der Waals surface area contributed by atoms with Gasteiger partial charge in [0.1, 0.15) is 5.82 Å². The highest BCUT2D eigenvalue weighted by Crippen LogP contribution is 2.26. The van der Waals surface area contributed by atoms with Gasteiger partial charge in [-0.1, -0.05) is 54.1 Å². The first-order chi connectivity index (χ1) is 14.5. The second kappa shape index (κ2) is 8.47. The number of amides is 2. The highest BCUT2D eigenvalue weighted by Gasteiger charge is 2.47. The second-order valence-corrected chi connectivity index (χ2v) is 7.25. The lowest BCUT2D eigenvalue weighted by Crippen LogP contribution is -2.42. The Labute approximate surface area is 177 Å². The molecule has 0 bridgehead atoms. The van der Waals surface area contributed by atoms with E-state index in [-0.39, 0.29) is 11.5 Å². The quantitative estimate of drug-likeness (QED) is 0.632. The molecule has 2 N–H and O–H groups in total. The van der Waals surface area contributed by atoms with Crippen LogP contribution in [-0.2, 0) is 4.79 Å². The summed E-state index contributed by atoms with van der Waals surface area (Å²) < 4.78 is 14.8. The van der Waals surface area contributed by atoms with Gasteiger partial charge in [-0.05, 0) is 36.4 Å². The van der Waals surface area contributed by atoms with Gasteiger partial charge in [0.05, 0.1) is 10.6 Å². The molecule has 1 heterocycles. The molecule has 0 saturated carbocycles. The van der Waals surface area contributed by atoms with Crippen LogP contribution in [0.3, 0.4) is 0 Å². The number of benzene rings is 3. The van der Waals surface area contributed by atoms with Crippen LogP contribution in [0.15, 0.2) is 78.9 Å². The van der Waals surface area contributed by atoms with Crippen LogP contribution in [0.1, 0.15) is 27.5 Å². The lowest BCUT2D eigenvalue weighted by molar-refractivity contribution is -0.596. The minimum atomic E-state index is -0.858. The van der Waals surface area contributed by atoms with Crippen LogP contribution in [0.5, 0.6) is 0 Å². The van der Waals surface area contributed by atoms with Gasteiger partial charge in [-0.3, -0.25) is 9.59 Å². The molecule has 3 aromatic rings. The van der Waals surface area contributed by atoms with Crippen LogP contribution in [0.25, 0.3) is 0 Å². The first-order valence-electron chi connectivity index (χ1n) is 9.32. The summed E-state index contributed by atoms with van der Waals surface area (Å²) in [6, 6.07) is 20.4. The molecule has 7 heteroatoms. The van der Waals surface area contributed by atoms with Gasteiger partial charge in [-0.15, -0.1) is 10.1 Å². The molecule has 0 aliphatic carbocycles. The summed E-state index contributed by atoms with van der Waals surface area (Å²) in [6.07, 6.45) is 1.74. The van der Waals surface area contributed by atoms with Crippen molar-refractivity contribution >= 4 is 29.6 Å². The van der Waals surface area contributed by atoms with Gasteiger partial charge in [-0.25, -0.2) is 4.39 Å². The van der Waals surface area contributed by atoms with E-state index in [0.29, 0.717) is 5.02 Å². The van der Waals surface area contributed by atoms with E-state index in [2.05, 4.69) is 10.7 Å². The summed E-state index contributed by atoms with van der Waals surface area (Å²) in [5.41, 5.74) is 4.63. The van der Waals surface area contributed by atoms with Crippen molar-refractivity contribution in [2.45, 2.75) is 12.1 Å². The molecule has 0 spiro atoms. The van der Waals surface area contributed by atoms with Gasteiger partial charge < -0.3 is 5.32 Å². The highest BCUT2D eigenvalue weighted by atomic mass is 35.5. The molecule has 2 amide bonds. The lowest BCUT2D eigenvalue weighted by atomic mass is 10.00. The molecule has 30 heavy (non-hydrogen) atoms. The van der Waals surface area contributed by atoms with E-state index in [1.807, 2.05) is 48.5 Å². The van der Waals surface area contributed by atoms with Crippen molar-refractivity contribution in [3.05, 3.63) is 106 Å². The number of hydrogen-bond donors (Lipinski definition) is 2. The van der Waals surface area contributed by atoms with E-state index in [4.69, 9.17) is 11.6 Å². The van der Waals surface area contributed by atoms with Crippen LogP contribution >= 0.6 is 11.6 Å². The maximum Gasteiger partial charge on any atom is 0.304 e. The van der Waals surface area contributed by atoms with Gasteiger partial charge in [0, 0.05) is 11.1 Å². The fraction of sp³-hybridized carbons (Fsp3) is 0.0870. The number of carbonyl (C=O) groups excluding carboxylic acids is 2. The molecule has 1 aliphatic rings. The molecule has 0 aromatic heterocycles. The smallest absolute Gasteiger partial charge is 0.304 e. The molecule has 0 radical (unpaired) electrons. The number of carbonyl (C=O) groups is 2. The number of hydrogen-bond acceptors (Lipinski definition) is 2. The molecule has 2 atom stereocenters. The Balaban J connectivity index is 1.70.